The Morgan fingerprint density at radius 1 is 1.26 bits per heavy atom. The van der Waals surface area contributed by atoms with Crippen molar-refractivity contribution in [2.75, 3.05) is 7.11 Å². The number of benzene rings is 1. The smallest absolute Gasteiger partial charge is 0.339 e. The van der Waals surface area contributed by atoms with E-state index >= 15 is 0 Å². The van der Waals surface area contributed by atoms with E-state index in [1.165, 1.54) is 7.11 Å². The van der Waals surface area contributed by atoms with Gasteiger partial charge in [-0.1, -0.05) is 23.2 Å². The maximum Gasteiger partial charge on any atom is 0.339 e. The van der Waals surface area contributed by atoms with Gasteiger partial charge >= 0.3 is 5.97 Å². The van der Waals surface area contributed by atoms with Crippen molar-refractivity contribution in [3.8, 4) is 0 Å². The Balaban J connectivity index is 2.35. The van der Waals surface area contributed by atoms with Crippen LogP contribution in [0.25, 0.3) is 0 Å². The summed E-state index contributed by atoms with van der Waals surface area (Å²) in [6, 6.07) is 8.62. The van der Waals surface area contributed by atoms with E-state index in [0.29, 0.717) is 27.7 Å². The highest BCUT2D eigenvalue weighted by molar-refractivity contribution is 6.34. The number of carbonyl (C=O) groups is 1. The molecular formula is C14H11Cl2NO2. The quantitative estimate of drug-likeness (QED) is 0.809. The fraction of sp³-hybridized carbons (Fsp3) is 0.143. The van der Waals surface area contributed by atoms with E-state index in [1.54, 1.807) is 36.5 Å². The number of pyridine rings is 1. The molecule has 1 aromatic carbocycles. The van der Waals surface area contributed by atoms with Crippen molar-refractivity contribution in [1.29, 1.82) is 0 Å². The third-order valence-electron chi connectivity index (χ3n) is 2.59. The molecule has 2 aromatic rings. The van der Waals surface area contributed by atoms with Gasteiger partial charge in [-0.3, -0.25) is 4.98 Å². The zero-order valence-electron chi connectivity index (χ0n) is 10.2. The van der Waals surface area contributed by atoms with Crippen LogP contribution in [0.1, 0.15) is 21.6 Å². The average molecular weight is 296 g/mol. The predicted molar refractivity (Wildman–Crippen MR) is 74.8 cm³/mol. The summed E-state index contributed by atoms with van der Waals surface area (Å²) >= 11 is 11.9. The molecule has 0 aliphatic carbocycles. The summed E-state index contributed by atoms with van der Waals surface area (Å²) in [6.45, 7) is 0. The highest BCUT2D eigenvalue weighted by Gasteiger charge is 2.13. The van der Waals surface area contributed by atoms with Gasteiger partial charge in [0.15, 0.2) is 0 Å². The van der Waals surface area contributed by atoms with E-state index in [2.05, 4.69) is 4.98 Å². The zero-order chi connectivity index (χ0) is 13.8. The Morgan fingerprint density at radius 3 is 2.58 bits per heavy atom. The third kappa shape index (κ3) is 3.46. The van der Waals surface area contributed by atoms with E-state index in [-0.39, 0.29) is 0 Å². The topological polar surface area (TPSA) is 39.2 Å². The first kappa shape index (κ1) is 13.8. The summed E-state index contributed by atoms with van der Waals surface area (Å²) in [6.07, 6.45) is 2.10. The molecule has 0 bridgehead atoms. The van der Waals surface area contributed by atoms with Gasteiger partial charge in [-0.2, -0.15) is 0 Å². The van der Waals surface area contributed by atoms with Crippen LogP contribution in [-0.4, -0.2) is 18.1 Å². The first-order chi connectivity index (χ1) is 9.10. The molecular weight excluding hydrogens is 285 g/mol. The molecule has 0 aliphatic heterocycles. The van der Waals surface area contributed by atoms with E-state index in [0.717, 1.165) is 5.56 Å². The van der Waals surface area contributed by atoms with Crippen molar-refractivity contribution in [1.82, 2.24) is 4.98 Å². The molecule has 0 amide bonds. The van der Waals surface area contributed by atoms with Gasteiger partial charge in [-0.25, -0.2) is 4.79 Å². The van der Waals surface area contributed by atoms with Gasteiger partial charge in [-0.15, -0.1) is 0 Å². The highest BCUT2D eigenvalue weighted by Crippen LogP contribution is 2.21. The standard InChI is InChI=1S/C14H11Cl2NO2/c1-19-14(18)12-3-2-4-17-13(12)7-9-5-10(15)8-11(16)6-9/h2-6,8H,7H2,1H3. The van der Waals surface area contributed by atoms with Crippen molar-refractivity contribution in [2.24, 2.45) is 0 Å². The number of hydrogen-bond donors (Lipinski definition) is 0. The van der Waals surface area contributed by atoms with E-state index in [9.17, 15) is 4.79 Å². The van der Waals surface area contributed by atoms with Crippen LogP contribution in [0, 0.1) is 0 Å². The number of aromatic nitrogens is 1. The summed E-state index contributed by atoms with van der Waals surface area (Å²) in [4.78, 5) is 15.9. The van der Waals surface area contributed by atoms with Crippen LogP contribution in [0.5, 0.6) is 0 Å². The molecule has 0 spiro atoms. The Hall–Kier alpha value is -1.58. The predicted octanol–water partition coefficient (Wildman–Crippen LogP) is 3.77. The highest BCUT2D eigenvalue weighted by atomic mass is 35.5. The van der Waals surface area contributed by atoms with Crippen molar-refractivity contribution in [3.63, 3.8) is 0 Å². The molecule has 98 valence electrons. The summed E-state index contributed by atoms with van der Waals surface area (Å²) < 4.78 is 4.73. The molecule has 0 saturated carbocycles. The molecule has 3 nitrogen and oxygen atoms in total. The second-order valence-electron chi connectivity index (χ2n) is 3.94. The Labute approximate surface area is 121 Å². The molecule has 5 heteroatoms. The molecule has 0 aliphatic rings. The molecule has 19 heavy (non-hydrogen) atoms. The van der Waals surface area contributed by atoms with Crippen LogP contribution in [0.4, 0.5) is 0 Å². The molecule has 0 unspecified atom stereocenters. The maximum absolute atomic E-state index is 11.6. The van der Waals surface area contributed by atoms with Crippen LogP contribution in [-0.2, 0) is 11.2 Å². The fourth-order valence-electron chi connectivity index (χ4n) is 1.78. The molecule has 0 radical (unpaired) electrons. The second-order valence-corrected chi connectivity index (χ2v) is 4.82. The maximum atomic E-state index is 11.6. The van der Waals surface area contributed by atoms with Gasteiger partial charge in [-0.05, 0) is 35.9 Å². The summed E-state index contributed by atoms with van der Waals surface area (Å²) in [7, 11) is 1.34. The van der Waals surface area contributed by atoms with Crippen LogP contribution < -0.4 is 0 Å². The van der Waals surface area contributed by atoms with Crippen molar-refractivity contribution in [3.05, 3.63) is 63.4 Å². The lowest BCUT2D eigenvalue weighted by atomic mass is 10.1. The first-order valence-corrected chi connectivity index (χ1v) is 6.33. The van der Waals surface area contributed by atoms with Crippen LogP contribution in [0.2, 0.25) is 10.0 Å². The Morgan fingerprint density at radius 2 is 1.95 bits per heavy atom. The molecule has 1 heterocycles. The van der Waals surface area contributed by atoms with Crippen molar-refractivity contribution >= 4 is 29.2 Å². The zero-order valence-corrected chi connectivity index (χ0v) is 11.7. The normalized spacial score (nSPS) is 10.3. The lowest BCUT2D eigenvalue weighted by Gasteiger charge is -2.07. The number of esters is 1. The molecule has 0 N–H and O–H groups in total. The number of methoxy groups -OCH3 is 1. The Bertz CT molecular complexity index is 594. The number of halogens is 2. The third-order valence-corrected chi connectivity index (χ3v) is 3.03. The number of hydrogen-bond acceptors (Lipinski definition) is 3. The van der Waals surface area contributed by atoms with Gasteiger partial charge in [0.25, 0.3) is 0 Å². The molecule has 0 fully saturated rings. The summed E-state index contributed by atoms with van der Waals surface area (Å²) in [5, 5.41) is 1.11. The number of rotatable bonds is 3. The molecule has 0 atom stereocenters. The molecule has 0 saturated heterocycles. The second kappa shape index (κ2) is 6.04. The van der Waals surface area contributed by atoms with Gasteiger partial charge in [0, 0.05) is 22.7 Å². The largest absolute Gasteiger partial charge is 0.465 e. The van der Waals surface area contributed by atoms with E-state index in [1.807, 2.05) is 0 Å². The average Bonchev–Trinajstić information content (AvgIpc) is 2.37. The SMILES string of the molecule is COC(=O)c1cccnc1Cc1cc(Cl)cc(Cl)c1. The monoisotopic (exact) mass is 295 g/mol. The fourth-order valence-corrected chi connectivity index (χ4v) is 2.35. The molecule has 1 aromatic heterocycles. The van der Waals surface area contributed by atoms with Crippen LogP contribution >= 0.6 is 23.2 Å². The molecule has 2 rings (SSSR count). The lowest BCUT2D eigenvalue weighted by molar-refractivity contribution is 0.0599. The number of nitrogens with zero attached hydrogens (tertiary/aromatic N) is 1. The lowest BCUT2D eigenvalue weighted by Crippen LogP contribution is -2.07. The van der Waals surface area contributed by atoms with Crippen LogP contribution in [0.3, 0.4) is 0 Å². The van der Waals surface area contributed by atoms with Crippen molar-refractivity contribution in [2.45, 2.75) is 6.42 Å². The van der Waals surface area contributed by atoms with Gasteiger partial charge < -0.3 is 4.74 Å². The Kier molecular flexibility index (Phi) is 4.40. The van der Waals surface area contributed by atoms with E-state index in [4.69, 9.17) is 27.9 Å². The van der Waals surface area contributed by atoms with E-state index < -0.39 is 5.97 Å². The first-order valence-electron chi connectivity index (χ1n) is 5.57. The summed E-state index contributed by atoms with van der Waals surface area (Å²) in [5.41, 5.74) is 1.97. The minimum atomic E-state index is -0.406. The number of ether oxygens (including phenoxy) is 1. The van der Waals surface area contributed by atoms with Gasteiger partial charge in [0.1, 0.15) is 0 Å². The van der Waals surface area contributed by atoms with Crippen molar-refractivity contribution < 1.29 is 9.53 Å². The number of carbonyl (C=O) groups excluding carboxylic acids is 1. The minimum Gasteiger partial charge on any atom is -0.465 e. The van der Waals surface area contributed by atoms with Gasteiger partial charge in [0.2, 0.25) is 0 Å². The van der Waals surface area contributed by atoms with Crippen LogP contribution in [0.15, 0.2) is 36.5 Å². The minimum absolute atomic E-state index is 0.406. The van der Waals surface area contributed by atoms with Gasteiger partial charge in [0.05, 0.1) is 18.4 Å². The summed E-state index contributed by atoms with van der Waals surface area (Å²) in [5.74, 6) is -0.406.